The van der Waals surface area contributed by atoms with Gasteiger partial charge in [-0.3, -0.25) is 14.2 Å². The summed E-state index contributed by atoms with van der Waals surface area (Å²) in [7, 11) is 1.67. The van der Waals surface area contributed by atoms with E-state index in [1.807, 2.05) is 4.68 Å². The van der Waals surface area contributed by atoms with Gasteiger partial charge in [0.05, 0.1) is 35.4 Å². The topological polar surface area (TPSA) is 56.0 Å². The van der Waals surface area contributed by atoms with Gasteiger partial charge in [-0.15, -0.1) is 0 Å². The molecule has 1 amide bonds. The van der Waals surface area contributed by atoms with E-state index in [9.17, 15) is 18.0 Å². The molecule has 0 saturated carbocycles. The number of aryl methyl sites for hydroxylation is 2. The number of benzene rings is 1. The predicted molar refractivity (Wildman–Crippen MR) is 102 cm³/mol. The van der Waals surface area contributed by atoms with Gasteiger partial charge in [-0.25, -0.2) is 13.2 Å². The second kappa shape index (κ2) is 7.00. The van der Waals surface area contributed by atoms with Gasteiger partial charge in [0, 0.05) is 31.3 Å². The number of hydrogen-bond donors (Lipinski definition) is 0. The quantitative estimate of drug-likeness (QED) is 0.604. The summed E-state index contributed by atoms with van der Waals surface area (Å²) in [6, 6.07) is 1.96. The van der Waals surface area contributed by atoms with Gasteiger partial charge in [-0.05, 0) is 37.8 Å². The number of nitrogens with zero attached hydrogens (tertiary/aromatic N) is 5. The van der Waals surface area contributed by atoms with E-state index in [0.717, 1.165) is 49.2 Å². The SMILES string of the molecule is Cn1nc2c(c1-c1cc(F)c(F)c(F)c1)CCN(C(=O)c1cnn3c1CCCC3)C2. The number of rotatable bonds is 2. The van der Waals surface area contributed by atoms with Crippen molar-refractivity contribution >= 4 is 5.91 Å². The lowest BCUT2D eigenvalue weighted by atomic mass is 9.98. The maximum absolute atomic E-state index is 13.8. The molecule has 0 saturated heterocycles. The molecule has 30 heavy (non-hydrogen) atoms. The van der Waals surface area contributed by atoms with Gasteiger partial charge in [0.1, 0.15) is 0 Å². The average molecular weight is 415 g/mol. The van der Waals surface area contributed by atoms with E-state index in [1.165, 1.54) is 4.68 Å². The van der Waals surface area contributed by atoms with E-state index in [4.69, 9.17) is 0 Å². The Labute approximate surface area is 170 Å². The molecule has 2 aliphatic heterocycles. The van der Waals surface area contributed by atoms with Gasteiger partial charge < -0.3 is 4.90 Å². The van der Waals surface area contributed by atoms with Crippen molar-refractivity contribution in [1.29, 1.82) is 0 Å². The minimum absolute atomic E-state index is 0.0742. The Morgan fingerprint density at radius 1 is 1.07 bits per heavy atom. The second-order valence-electron chi connectivity index (χ2n) is 7.81. The maximum Gasteiger partial charge on any atom is 0.257 e. The highest BCUT2D eigenvalue weighted by atomic mass is 19.2. The first-order chi connectivity index (χ1) is 14.4. The third-order valence-corrected chi connectivity index (χ3v) is 5.96. The number of hydrogen-bond acceptors (Lipinski definition) is 3. The first kappa shape index (κ1) is 18.9. The van der Waals surface area contributed by atoms with Gasteiger partial charge >= 0.3 is 0 Å². The van der Waals surface area contributed by atoms with Crippen LogP contribution in [0.25, 0.3) is 11.3 Å². The number of aromatic nitrogens is 4. The van der Waals surface area contributed by atoms with E-state index in [0.29, 0.717) is 36.5 Å². The molecular formula is C21H20F3N5O. The van der Waals surface area contributed by atoms with E-state index < -0.39 is 17.5 Å². The van der Waals surface area contributed by atoms with Crippen LogP contribution in [0.2, 0.25) is 0 Å². The van der Waals surface area contributed by atoms with Crippen molar-refractivity contribution in [2.75, 3.05) is 6.54 Å². The number of carbonyl (C=O) groups is 1. The van der Waals surface area contributed by atoms with Crippen LogP contribution in [-0.2, 0) is 33.0 Å². The van der Waals surface area contributed by atoms with Crippen LogP contribution in [0.5, 0.6) is 0 Å². The number of fused-ring (bicyclic) bond motifs is 2. The Hall–Kier alpha value is -3.10. The lowest BCUT2D eigenvalue weighted by Crippen LogP contribution is -2.36. The summed E-state index contributed by atoms with van der Waals surface area (Å²) >= 11 is 0. The molecule has 9 heteroatoms. The fourth-order valence-corrected chi connectivity index (χ4v) is 4.52. The summed E-state index contributed by atoms with van der Waals surface area (Å²) in [5.74, 6) is -4.04. The molecule has 0 fully saturated rings. The largest absolute Gasteiger partial charge is 0.332 e. The van der Waals surface area contributed by atoms with Gasteiger partial charge in [-0.1, -0.05) is 0 Å². The Morgan fingerprint density at radius 2 is 1.83 bits per heavy atom. The molecule has 0 N–H and O–H groups in total. The zero-order valence-electron chi connectivity index (χ0n) is 16.5. The highest BCUT2D eigenvalue weighted by Crippen LogP contribution is 2.32. The van der Waals surface area contributed by atoms with E-state index in [2.05, 4.69) is 10.2 Å². The van der Waals surface area contributed by atoms with Crippen LogP contribution in [0.15, 0.2) is 18.3 Å². The second-order valence-corrected chi connectivity index (χ2v) is 7.81. The molecule has 2 aliphatic rings. The Balaban J connectivity index is 1.45. The maximum atomic E-state index is 13.8. The molecular weight excluding hydrogens is 395 g/mol. The summed E-state index contributed by atoms with van der Waals surface area (Å²) in [4.78, 5) is 14.9. The van der Waals surface area contributed by atoms with Gasteiger partial charge in [0.25, 0.3) is 5.91 Å². The van der Waals surface area contributed by atoms with Crippen molar-refractivity contribution in [2.45, 2.75) is 38.8 Å². The first-order valence-electron chi connectivity index (χ1n) is 9.97. The fraction of sp³-hybridized carbons (Fsp3) is 0.381. The van der Waals surface area contributed by atoms with Crippen LogP contribution in [0.3, 0.4) is 0 Å². The standard InChI is InChI=1S/C21H20F3N5O/c1-27-20(12-8-15(22)19(24)16(23)9-12)13-5-7-28(11-17(13)26-27)21(30)14-10-25-29-6-3-2-4-18(14)29/h8-10H,2-7,11H2,1H3. The summed E-state index contributed by atoms with van der Waals surface area (Å²) in [5, 5.41) is 8.82. The van der Waals surface area contributed by atoms with E-state index in [1.54, 1.807) is 18.1 Å². The van der Waals surface area contributed by atoms with Crippen LogP contribution >= 0.6 is 0 Å². The molecule has 6 nitrogen and oxygen atoms in total. The molecule has 156 valence electrons. The van der Waals surface area contributed by atoms with Crippen LogP contribution in [0.4, 0.5) is 13.2 Å². The van der Waals surface area contributed by atoms with Crippen molar-refractivity contribution in [3.8, 4) is 11.3 Å². The van der Waals surface area contributed by atoms with Gasteiger partial charge in [0.15, 0.2) is 17.5 Å². The van der Waals surface area contributed by atoms with Crippen LogP contribution < -0.4 is 0 Å². The molecule has 3 aromatic rings. The minimum atomic E-state index is -1.49. The first-order valence-corrected chi connectivity index (χ1v) is 9.97. The molecule has 0 aliphatic carbocycles. The molecule has 0 radical (unpaired) electrons. The number of amides is 1. The van der Waals surface area contributed by atoms with Gasteiger partial charge in [-0.2, -0.15) is 10.2 Å². The number of halogens is 3. The normalized spacial score (nSPS) is 15.8. The third-order valence-electron chi connectivity index (χ3n) is 5.96. The predicted octanol–water partition coefficient (Wildman–Crippen LogP) is 3.24. The van der Waals surface area contributed by atoms with Crippen molar-refractivity contribution in [2.24, 2.45) is 7.05 Å². The minimum Gasteiger partial charge on any atom is -0.332 e. The van der Waals surface area contributed by atoms with Crippen LogP contribution in [0.1, 0.15) is 40.2 Å². The van der Waals surface area contributed by atoms with Crippen molar-refractivity contribution in [1.82, 2.24) is 24.5 Å². The number of carbonyl (C=O) groups excluding carboxylic acids is 1. The molecule has 2 aromatic heterocycles. The Bertz CT molecular complexity index is 1140. The van der Waals surface area contributed by atoms with E-state index in [-0.39, 0.29) is 11.5 Å². The molecule has 0 atom stereocenters. The zero-order valence-corrected chi connectivity index (χ0v) is 16.5. The van der Waals surface area contributed by atoms with Crippen LogP contribution in [-0.4, -0.2) is 36.9 Å². The molecule has 0 unspecified atom stereocenters. The van der Waals surface area contributed by atoms with E-state index >= 15 is 0 Å². The highest BCUT2D eigenvalue weighted by molar-refractivity contribution is 5.95. The third kappa shape index (κ3) is 2.91. The molecule has 0 spiro atoms. The molecule has 1 aromatic carbocycles. The lowest BCUT2D eigenvalue weighted by Gasteiger charge is -2.27. The monoisotopic (exact) mass is 415 g/mol. The lowest BCUT2D eigenvalue weighted by molar-refractivity contribution is 0.0730. The average Bonchev–Trinajstić information content (AvgIpc) is 3.30. The summed E-state index contributed by atoms with van der Waals surface area (Å²) in [6.45, 7) is 1.60. The molecule has 0 bridgehead atoms. The Kier molecular flexibility index (Phi) is 4.41. The fourth-order valence-electron chi connectivity index (χ4n) is 4.52. The molecule has 4 heterocycles. The van der Waals surface area contributed by atoms with Gasteiger partial charge in [0.2, 0.25) is 0 Å². The summed E-state index contributed by atoms with van der Waals surface area (Å²) in [6.07, 6.45) is 5.09. The Morgan fingerprint density at radius 3 is 2.60 bits per heavy atom. The zero-order chi connectivity index (χ0) is 21.0. The van der Waals surface area contributed by atoms with Crippen LogP contribution in [0, 0.1) is 17.5 Å². The highest BCUT2D eigenvalue weighted by Gasteiger charge is 2.30. The van der Waals surface area contributed by atoms with Crippen molar-refractivity contribution in [3.63, 3.8) is 0 Å². The summed E-state index contributed by atoms with van der Waals surface area (Å²) < 4.78 is 44.3. The smallest absolute Gasteiger partial charge is 0.257 e. The molecule has 5 rings (SSSR count). The van der Waals surface area contributed by atoms with Crippen molar-refractivity contribution < 1.29 is 18.0 Å². The summed E-state index contributed by atoms with van der Waals surface area (Å²) in [5.41, 5.74) is 3.89. The van der Waals surface area contributed by atoms with Crippen molar-refractivity contribution in [3.05, 3.63) is 58.3 Å².